The number of nitriles is 1. The standard InChI is InChI=1S/C34H39N3O6/c1-23(2)20-29(32(41)36-28-13-11-26(12-14-28)33(42)43-3)37-31(40)27(21-30(38)39)10-7-17-34(22-35)18-15-25(16-19-34)24-8-5-4-6-9-24/h4-6,8-9,11-16,18-19,23,25,27,29H,7,10,17,20-21H2,1-3H3,(H,36,41)(H,37,40)(H,38,39). The molecule has 2 atom stereocenters. The number of anilines is 1. The molecule has 0 bridgehead atoms. The van der Waals surface area contributed by atoms with Gasteiger partial charge in [-0.05, 0) is 55.0 Å². The summed E-state index contributed by atoms with van der Waals surface area (Å²) in [7, 11) is 1.28. The number of carbonyl (C=O) groups excluding carboxylic acids is 3. The van der Waals surface area contributed by atoms with Crippen molar-refractivity contribution in [1.29, 1.82) is 5.26 Å². The molecule has 0 aromatic heterocycles. The normalized spacial score (nSPS) is 18.7. The second kappa shape index (κ2) is 15.5. The largest absolute Gasteiger partial charge is 0.481 e. The quantitative estimate of drug-likeness (QED) is 0.193. The molecule has 0 fully saturated rings. The Hall–Kier alpha value is -4.71. The molecule has 226 valence electrons. The lowest BCUT2D eigenvalue weighted by atomic mass is 9.77. The van der Waals surface area contributed by atoms with Crippen molar-refractivity contribution in [2.24, 2.45) is 17.3 Å². The number of esters is 1. The van der Waals surface area contributed by atoms with E-state index in [4.69, 9.17) is 0 Å². The lowest BCUT2D eigenvalue weighted by Crippen LogP contribution is -2.47. The average molecular weight is 586 g/mol. The molecule has 2 aromatic rings. The Morgan fingerprint density at radius 3 is 2.21 bits per heavy atom. The Morgan fingerprint density at radius 2 is 1.65 bits per heavy atom. The second-order valence-electron chi connectivity index (χ2n) is 11.2. The van der Waals surface area contributed by atoms with Crippen molar-refractivity contribution in [1.82, 2.24) is 5.32 Å². The van der Waals surface area contributed by atoms with E-state index in [-0.39, 0.29) is 18.3 Å². The minimum atomic E-state index is -1.12. The van der Waals surface area contributed by atoms with Crippen LogP contribution in [0.25, 0.3) is 0 Å². The average Bonchev–Trinajstić information content (AvgIpc) is 3.00. The molecule has 43 heavy (non-hydrogen) atoms. The summed E-state index contributed by atoms with van der Waals surface area (Å²) in [5.41, 5.74) is 1.06. The van der Waals surface area contributed by atoms with Crippen molar-refractivity contribution in [3.05, 3.63) is 90.0 Å². The first-order chi connectivity index (χ1) is 20.6. The van der Waals surface area contributed by atoms with Crippen LogP contribution in [0.5, 0.6) is 0 Å². The fourth-order valence-corrected chi connectivity index (χ4v) is 5.07. The Bertz CT molecular complexity index is 1360. The first-order valence-corrected chi connectivity index (χ1v) is 14.4. The number of hydrogen-bond acceptors (Lipinski definition) is 6. The van der Waals surface area contributed by atoms with Crippen molar-refractivity contribution in [2.75, 3.05) is 12.4 Å². The third kappa shape index (κ3) is 9.67. The molecule has 1 aliphatic rings. The lowest BCUT2D eigenvalue weighted by Gasteiger charge is -2.26. The van der Waals surface area contributed by atoms with E-state index in [0.29, 0.717) is 30.5 Å². The summed E-state index contributed by atoms with van der Waals surface area (Å²) < 4.78 is 4.69. The number of amides is 2. The number of carboxylic acid groups (broad SMARTS) is 1. The van der Waals surface area contributed by atoms with Gasteiger partial charge in [-0.2, -0.15) is 5.26 Å². The third-order valence-corrected chi connectivity index (χ3v) is 7.44. The number of hydrogen-bond donors (Lipinski definition) is 3. The number of carboxylic acids is 1. The summed E-state index contributed by atoms with van der Waals surface area (Å²) in [6, 6.07) is 17.6. The fraction of sp³-hybridized carbons (Fsp3) is 0.382. The van der Waals surface area contributed by atoms with Crippen molar-refractivity contribution in [2.45, 2.75) is 57.9 Å². The van der Waals surface area contributed by atoms with E-state index in [9.17, 15) is 29.5 Å². The van der Waals surface area contributed by atoms with Gasteiger partial charge in [-0.25, -0.2) is 4.79 Å². The van der Waals surface area contributed by atoms with Gasteiger partial charge < -0.3 is 20.5 Å². The summed E-state index contributed by atoms with van der Waals surface area (Å²) >= 11 is 0. The molecule has 2 unspecified atom stereocenters. The van der Waals surface area contributed by atoms with E-state index < -0.39 is 47.5 Å². The Kier molecular flexibility index (Phi) is 11.8. The summed E-state index contributed by atoms with van der Waals surface area (Å²) in [5, 5.41) is 25.0. The van der Waals surface area contributed by atoms with Gasteiger partial charge in [-0.15, -0.1) is 0 Å². The summed E-state index contributed by atoms with van der Waals surface area (Å²) in [6.45, 7) is 3.84. The maximum absolute atomic E-state index is 13.3. The van der Waals surface area contributed by atoms with E-state index in [1.54, 1.807) is 12.1 Å². The van der Waals surface area contributed by atoms with Gasteiger partial charge in [0.05, 0.1) is 30.6 Å². The topological polar surface area (TPSA) is 146 Å². The van der Waals surface area contributed by atoms with Crippen LogP contribution < -0.4 is 10.6 Å². The summed E-state index contributed by atoms with van der Waals surface area (Å²) in [6.07, 6.45) is 8.84. The molecule has 0 spiro atoms. The van der Waals surface area contributed by atoms with Crippen LogP contribution in [0.4, 0.5) is 5.69 Å². The highest BCUT2D eigenvalue weighted by Crippen LogP contribution is 2.36. The highest BCUT2D eigenvalue weighted by atomic mass is 16.5. The lowest BCUT2D eigenvalue weighted by molar-refractivity contribution is -0.141. The molecule has 3 rings (SSSR count). The molecular weight excluding hydrogens is 546 g/mol. The number of ether oxygens (including phenoxy) is 1. The molecule has 1 aliphatic carbocycles. The number of nitrogens with zero attached hydrogens (tertiary/aromatic N) is 1. The smallest absolute Gasteiger partial charge is 0.337 e. The predicted molar refractivity (Wildman–Crippen MR) is 163 cm³/mol. The maximum atomic E-state index is 13.3. The molecule has 0 heterocycles. The van der Waals surface area contributed by atoms with Gasteiger partial charge in [0.25, 0.3) is 0 Å². The van der Waals surface area contributed by atoms with Crippen molar-refractivity contribution >= 4 is 29.4 Å². The van der Waals surface area contributed by atoms with E-state index in [0.717, 1.165) is 5.56 Å². The molecule has 9 nitrogen and oxygen atoms in total. The molecular formula is C34H39N3O6. The molecule has 0 saturated carbocycles. The van der Waals surface area contributed by atoms with E-state index in [1.165, 1.54) is 19.2 Å². The van der Waals surface area contributed by atoms with Crippen LogP contribution in [-0.4, -0.2) is 42.0 Å². The van der Waals surface area contributed by atoms with Crippen LogP contribution in [0.1, 0.15) is 67.8 Å². The number of benzene rings is 2. The first-order valence-electron chi connectivity index (χ1n) is 14.4. The number of rotatable bonds is 14. The zero-order chi connectivity index (χ0) is 31.4. The SMILES string of the molecule is COC(=O)c1ccc(NC(=O)C(CC(C)C)NC(=O)C(CCCC2(C#N)C=CC(c3ccccc3)C=C2)CC(=O)O)cc1. The van der Waals surface area contributed by atoms with Gasteiger partial charge in [0.1, 0.15) is 6.04 Å². The summed E-state index contributed by atoms with van der Waals surface area (Å²) in [4.78, 5) is 49.8. The van der Waals surface area contributed by atoms with Crippen LogP contribution in [0.15, 0.2) is 78.9 Å². The van der Waals surface area contributed by atoms with Gasteiger partial charge in [0.15, 0.2) is 0 Å². The van der Waals surface area contributed by atoms with Crippen LogP contribution in [0.2, 0.25) is 0 Å². The van der Waals surface area contributed by atoms with Gasteiger partial charge in [-0.1, -0.05) is 74.9 Å². The van der Waals surface area contributed by atoms with Crippen LogP contribution in [0.3, 0.4) is 0 Å². The highest BCUT2D eigenvalue weighted by Gasteiger charge is 2.31. The maximum Gasteiger partial charge on any atom is 0.337 e. The highest BCUT2D eigenvalue weighted by molar-refractivity contribution is 5.98. The van der Waals surface area contributed by atoms with Gasteiger partial charge >= 0.3 is 11.9 Å². The molecule has 0 saturated heterocycles. The first kappa shape index (κ1) is 32.8. The second-order valence-corrected chi connectivity index (χ2v) is 11.2. The monoisotopic (exact) mass is 585 g/mol. The Balaban J connectivity index is 1.64. The van der Waals surface area contributed by atoms with E-state index >= 15 is 0 Å². The number of nitrogens with one attached hydrogen (secondary N) is 2. The van der Waals surface area contributed by atoms with E-state index in [2.05, 4.69) is 21.4 Å². The van der Waals surface area contributed by atoms with Gasteiger partial charge in [0.2, 0.25) is 11.8 Å². The van der Waals surface area contributed by atoms with Crippen LogP contribution in [0, 0.1) is 28.6 Å². The van der Waals surface area contributed by atoms with Crippen LogP contribution in [-0.2, 0) is 19.1 Å². The van der Waals surface area contributed by atoms with Crippen molar-refractivity contribution in [3.63, 3.8) is 0 Å². The zero-order valence-corrected chi connectivity index (χ0v) is 24.8. The van der Waals surface area contributed by atoms with Gasteiger partial charge in [0, 0.05) is 17.5 Å². The summed E-state index contributed by atoms with van der Waals surface area (Å²) in [5.74, 6) is -3.32. The number of aliphatic carboxylic acids is 1. The molecule has 0 aliphatic heterocycles. The number of allylic oxidation sites excluding steroid dienone is 4. The Labute approximate surface area is 252 Å². The van der Waals surface area contributed by atoms with E-state index in [1.807, 2.05) is 68.5 Å². The third-order valence-electron chi connectivity index (χ3n) is 7.44. The Morgan fingerprint density at radius 1 is 1.00 bits per heavy atom. The number of methoxy groups -OCH3 is 1. The minimum Gasteiger partial charge on any atom is -0.481 e. The molecule has 3 N–H and O–H groups in total. The zero-order valence-electron chi connectivity index (χ0n) is 24.8. The molecule has 0 radical (unpaired) electrons. The molecule has 2 aromatic carbocycles. The number of carbonyl (C=O) groups is 4. The fourth-order valence-electron chi connectivity index (χ4n) is 5.07. The predicted octanol–water partition coefficient (Wildman–Crippen LogP) is 5.62. The molecule has 2 amide bonds. The van der Waals surface area contributed by atoms with Gasteiger partial charge in [-0.3, -0.25) is 14.4 Å². The van der Waals surface area contributed by atoms with Crippen molar-refractivity contribution in [3.8, 4) is 6.07 Å². The minimum absolute atomic E-state index is 0.0655. The van der Waals surface area contributed by atoms with Crippen LogP contribution >= 0.6 is 0 Å². The molecule has 9 heteroatoms. The van der Waals surface area contributed by atoms with Crippen molar-refractivity contribution < 1.29 is 29.0 Å².